The minimum Gasteiger partial charge on any atom is -0.352 e. The molecule has 8 heteroatoms. The first kappa shape index (κ1) is 15.9. The molecule has 3 aromatic rings. The van der Waals surface area contributed by atoms with E-state index in [0.717, 1.165) is 0 Å². The summed E-state index contributed by atoms with van der Waals surface area (Å²) < 4.78 is 3.12. The summed E-state index contributed by atoms with van der Waals surface area (Å²) >= 11 is 0. The van der Waals surface area contributed by atoms with Gasteiger partial charge in [-0.3, -0.25) is 18.8 Å². The Balaban J connectivity index is 1.58. The highest BCUT2D eigenvalue weighted by atomic mass is 16.2. The van der Waals surface area contributed by atoms with Gasteiger partial charge in [-0.15, -0.1) is 0 Å². The number of benzene rings is 1. The number of para-hydroxylation sites is 1. The van der Waals surface area contributed by atoms with Crippen LogP contribution in [0.15, 0.2) is 48.0 Å². The molecule has 0 bridgehead atoms. The molecule has 2 aromatic heterocycles. The van der Waals surface area contributed by atoms with Crippen LogP contribution in [-0.2, 0) is 17.9 Å². The van der Waals surface area contributed by atoms with E-state index in [0.29, 0.717) is 24.0 Å². The van der Waals surface area contributed by atoms with Gasteiger partial charge in [0.2, 0.25) is 5.91 Å². The van der Waals surface area contributed by atoms with E-state index in [4.69, 9.17) is 0 Å². The van der Waals surface area contributed by atoms with Crippen LogP contribution in [0.1, 0.15) is 13.3 Å². The molecule has 124 valence electrons. The van der Waals surface area contributed by atoms with Crippen LogP contribution in [-0.4, -0.2) is 36.3 Å². The summed E-state index contributed by atoms with van der Waals surface area (Å²) in [5.74, 6) is -0.123. The van der Waals surface area contributed by atoms with Crippen LogP contribution in [0, 0.1) is 0 Å². The van der Waals surface area contributed by atoms with Crippen LogP contribution in [0.5, 0.6) is 0 Å². The summed E-state index contributed by atoms with van der Waals surface area (Å²) in [5, 5.41) is 7.44. The van der Waals surface area contributed by atoms with Gasteiger partial charge in [-0.05, 0) is 19.1 Å². The molecular weight excluding hydrogens is 308 g/mol. The van der Waals surface area contributed by atoms with E-state index in [1.54, 1.807) is 29.2 Å². The first-order valence-corrected chi connectivity index (χ1v) is 7.69. The highest BCUT2D eigenvalue weighted by Crippen LogP contribution is 2.04. The number of carbonyl (C=O) groups excluding carboxylic acids is 1. The topological polar surface area (TPSA) is 94.7 Å². The van der Waals surface area contributed by atoms with Crippen LogP contribution in [0.25, 0.3) is 10.9 Å². The molecule has 0 radical (unpaired) electrons. The van der Waals surface area contributed by atoms with E-state index < -0.39 is 0 Å². The van der Waals surface area contributed by atoms with Crippen LogP contribution in [0.2, 0.25) is 0 Å². The third kappa shape index (κ3) is 3.65. The molecule has 1 atom stereocenters. The van der Waals surface area contributed by atoms with Gasteiger partial charge >= 0.3 is 0 Å². The van der Waals surface area contributed by atoms with Gasteiger partial charge in [-0.25, -0.2) is 9.97 Å². The molecule has 0 saturated carbocycles. The Morgan fingerprint density at radius 2 is 2.12 bits per heavy atom. The molecule has 0 aliphatic heterocycles. The Hall–Kier alpha value is -3.03. The van der Waals surface area contributed by atoms with Crippen LogP contribution in [0.3, 0.4) is 0 Å². The predicted octanol–water partition coefficient (Wildman–Crippen LogP) is 0.583. The first-order valence-electron chi connectivity index (χ1n) is 7.69. The Labute approximate surface area is 138 Å². The molecule has 1 amide bonds. The van der Waals surface area contributed by atoms with Gasteiger partial charge in [0.15, 0.2) is 0 Å². The van der Waals surface area contributed by atoms with Gasteiger partial charge in [-0.1, -0.05) is 12.1 Å². The van der Waals surface area contributed by atoms with Crippen molar-refractivity contribution in [1.29, 1.82) is 0 Å². The average molecular weight is 326 g/mol. The summed E-state index contributed by atoms with van der Waals surface area (Å²) in [6.45, 7) is 2.73. The van der Waals surface area contributed by atoms with E-state index in [9.17, 15) is 9.59 Å². The van der Waals surface area contributed by atoms with Crippen molar-refractivity contribution in [2.45, 2.75) is 32.5 Å². The summed E-state index contributed by atoms with van der Waals surface area (Å²) in [6.07, 6.45) is 4.75. The molecule has 0 aliphatic carbocycles. The monoisotopic (exact) mass is 326 g/mol. The Morgan fingerprint density at radius 3 is 2.92 bits per heavy atom. The number of aryl methyl sites for hydroxylation is 1. The minimum absolute atomic E-state index is 0.0781. The third-order valence-electron chi connectivity index (χ3n) is 3.65. The highest BCUT2D eigenvalue weighted by Gasteiger charge is 2.10. The van der Waals surface area contributed by atoms with Gasteiger partial charge in [0.05, 0.1) is 23.8 Å². The maximum absolute atomic E-state index is 12.3. The molecule has 0 saturated heterocycles. The van der Waals surface area contributed by atoms with Crippen molar-refractivity contribution in [3.05, 3.63) is 53.6 Å². The quantitative estimate of drug-likeness (QED) is 0.715. The lowest BCUT2D eigenvalue weighted by Crippen LogP contribution is -2.36. The van der Waals surface area contributed by atoms with Gasteiger partial charge in [0.1, 0.15) is 12.7 Å². The molecule has 3 rings (SSSR count). The fourth-order valence-corrected chi connectivity index (χ4v) is 2.49. The number of amides is 1. The van der Waals surface area contributed by atoms with Crippen molar-refractivity contribution < 1.29 is 4.79 Å². The predicted molar refractivity (Wildman–Crippen MR) is 88.2 cm³/mol. The number of carbonyl (C=O) groups is 1. The molecule has 0 fully saturated rings. The number of hydrogen-bond acceptors (Lipinski definition) is 5. The van der Waals surface area contributed by atoms with E-state index >= 15 is 0 Å². The molecule has 0 aliphatic rings. The van der Waals surface area contributed by atoms with Crippen molar-refractivity contribution >= 4 is 16.8 Å². The van der Waals surface area contributed by atoms with Gasteiger partial charge < -0.3 is 5.32 Å². The molecule has 8 nitrogen and oxygen atoms in total. The summed E-state index contributed by atoms with van der Waals surface area (Å²) in [5.41, 5.74) is 0.522. The largest absolute Gasteiger partial charge is 0.352 e. The summed E-state index contributed by atoms with van der Waals surface area (Å²) in [7, 11) is 0. The maximum Gasteiger partial charge on any atom is 0.261 e. The zero-order valence-electron chi connectivity index (χ0n) is 13.3. The smallest absolute Gasteiger partial charge is 0.261 e. The average Bonchev–Trinajstić information content (AvgIpc) is 3.07. The third-order valence-corrected chi connectivity index (χ3v) is 3.65. The van der Waals surface area contributed by atoms with Crippen molar-refractivity contribution in [3.63, 3.8) is 0 Å². The van der Waals surface area contributed by atoms with Crippen LogP contribution < -0.4 is 10.9 Å². The second-order valence-electron chi connectivity index (χ2n) is 5.60. The fraction of sp³-hybridized carbons (Fsp3) is 0.312. The van der Waals surface area contributed by atoms with Gasteiger partial charge in [0, 0.05) is 19.0 Å². The van der Waals surface area contributed by atoms with Gasteiger partial charge in [0.25, 0.3) is 5.56 Å². The van der Waals surface area contributed by atoms with Crippen LogP contribution in [0.4, 0.5) is 0 Å². The highest BCUT2D eigenvalue weighted by molar-refractivity contribution is 5.77. The molecule has 1 N–H and O–H groups in total. The normalized spacial score (nSPS) is 12.2. The lowest BCUT2D eigenvalue weighted by Gasteiger charge is -2.14. The molecular formula is C16H18N6O2. The first-order chi connectivity index (χ1) is 11.6. The standard InChI is InChI=1S/C16H18N6O2/c1-12(8-22-10-17-9-19-22)20-15(23)6-7-21-11-18-14-5-3-2-4-13(14)16(21)24/h2-5,9-12H,6-8H2,1H3,(H,20,23)/t12-/m1/s1. The van der Waals surface area contributed by atoms with E-state index in [1.165, 1.54) is 17.2 Å². The van der Waals surface area contributed by atoms with E-state index in [1.807, 2.05) is 13.0 Å². The SMILES string of the molecule is C[C@H](Cn1cncn1)NC(=O)CCn1cnc2ccccc2c1=O. The Morgan fingerprint density at radius 1 is 1.29 bits per heavy atom. The van der Waals surface area contributed by atoms with Crippen molar-refractivity contribution in [2.75, 3.05) is 0 Å². The van der Waals surface area contributed by atoms with Crippen molar-refractivity contribution in [1.82, 2.24) is 29.6 Å². The lowest BCUT2D eigenvalue weighted by atomic mass is 10.2. The van der Waals surface area contributed by atoms with E-state index in [2.05, 4.69) is 20.4 Å². The second kappa shape index (κ2) is 7.03. The van der Waals surface area contributed by atoms with Crippen LogP contribution >= 0.6 is 0 Å². The number of aromatic nitrogens is 5. The molecule has 0 spiro atoms. The maximum atomic E-state index is 12.3. The zero-order chi connectivity index (χ0) is 16.9. The molecule has 0 unspecified atom stereocenters. The number of nitrogens with one attached hydrogen (secondary N) is 1. The number of fused-ring (bicyclic) bond motifs is 1. The Bertz CT molecular complexity index is 887. The molecule has 24 heavy (non-hydrogen) atoms. The molecule has 2 heterocycles. The summed E-state index contributed by atoms with van der Waals surface area (Å²) in [6, 6.07) is 7.09. The van der Waals surface area contributed by atoms with E-state index in [-0.39, 0.29) is 23.9 Å². The number of rotatable bonds is 6. The fourth-order valence-electron chi connectivity index (χ4n) is 2.49. The minimum atomic E-state index is -0.135. The van der Waals surface area contributed by atoms with Gasteiger partial charge in [-0.2, -0.15) is 5.10 Å². The number of nitrogens with zero attached hydrogens (tertiary/aromatic N) is 5. The second-order valence-corrected chi connectivity index (χ2v) is 5.60. The number of hydrogen-bond donors (Lipinski definition) is 1. The zero-order valence-corrected chi connectivity index (χ0v) is 13.3. The lowest BCUT2D eigenvalue weighted by molar-refractivity contribution is -0.122. The van der Waals surface area contributed by atoms with Crippen molar-refractivity contribution in [3.8, 4) is 0 Å². The van der Waals surface area contributed by atoms with Crippen molar-refractivity contribution in [2.24, 2.45) is 0 Å². The summed E-state index contributed by atoms with van der Waals surface area (Å²) in [4.78, 5) is 32.5. The molecule has 1 aromatic carbocycles. The Kier molecular flexibility index (Phi) is 4.64.